The second-order valence-electron chi connectivity index (χ2n) is 0.929. The monoisotopic (exact) mass is 142 g/mol. The summed E-state index contributed by atoms with van der Waals surface area (Å²) in [6.07, 6.45) is 0. The summed E-state index contributed by atoms with van der Waals surface area (Å²) in [5, 5.41) is 15.6. The number of hydrogen-bond donors (Lipinski definition) is 2. The van der Waals surface area contributed by atoms with Crippen LogP contribution in [0.4, 0.5) is 9.05 Å². The maximum absolute atomic E-state index is 10.8. The number of halogens is 2. The van der Waals surface area contributed by atoms with E-state index in [0.29, 0.717) is 0 Å². The third kappa shape index (κ3) is 4.30. The first-order chi connectivity index (χ1) is 4.20. The van der Waals surface area contributed by atoms with Gasteiger partial charge in [-0.25, -0.2) is 0 Å². The molecular formula is H2B2F2O5. The van der Waals surface area contributed by atoms with Crippen LogP contribution < -0.4 is 0 Å². The minimum Gasteiger partial charge on any atom is -0.402 e. The SMILES string of the molecule is OB(O)OB(OF)OF. The van der Waals surface area contributed by atoms with Gasteiger partial charge in [-0.1, -0.05) is 9.05 Å². The van der Waals surface area contributed by atoms with Gasteiger partial charge in [0.1, 0.15) is 0 Å². The summed E-state index contributed by atoms with van der Waals surface area (Å²) in [5.41, 5.74) is 0. The van der Waals surface area contributed by atoms with E-state index in [1.165, 1.54) is 0 Å². The smallest absolute Gasteiger partial charge is 0.402 e. The number of rotatable bonds is 4. The van der Waals surface area contributed by atoms with Crippen LogP contribution in [0.1, 0.15) is 0 Å². The molecule has 9 heteroatoms. The van der Waals surface area contributed by atoms with Crippen LogP contribution in [-0.4, -0.2) is 24.7 Å². The minimum absolute atomic E-state index is 2.35. The van der Waals surface area contributed by atoms with Gasteiger partial charge in [-0.2, -0.15) is 9.72 Å². The lowest BCUT2D eigenvalue weighted by molar-refractivity contribution is -0.133. The Labute approximate surface area is 49.3 Å². The summed E-state index contributed by atoms with van der Waals surface area (Å²) in [4.78, 5) is 5.14. The molecule has 52 valence electrons. The number of hydrogen-bond acceptors (Lipinski definition) is 5. The lowest BCUT2D eigenvalue weighted by Crippen LogP contribution is -2.31. The summed E-state index contributed by atoms with van der Waals surface area (Å²) in [6.45, 7) is 0. The van der Waals surface area contributed by atoms with Crippen LogP contribution in [-0.2, 0) is 14.3 Å². The van der Waals surface area contributed by atoms with E-state index in [1.54, 1.807) is 0 Å². The molecule has 0 unspecified atom stereocenters. The highest BCUT2D eigenvalue weighted by Gasteiger charge is 2.29. The molecule has 0 aromatic heterocycles. The topological polar surface area (TPSA) is 68.2 Å². The van der Waals surface area contributed by atoms with Crippen molar-refractivity contribution in [2.45, 2.75) is 0 Å². The fraction of sp³-hybridized carbons (Fsp3) is 0. The highest BCUT2D eigenvalue weighted by atomic mass is 19.3. The van der Waals surface area contributed by atoms with Crippen molar-refractivity contribution >= 4 is 14.6 Å². The Morgan fingerprint density at radius 3 is 1.67 bits per heavy atom. The Morgan fingerprint density at radius 1 is 1.11 bits per heavy atom. The van der Waals surface area contributed by atoms with E-state index in [0.717, 1.165) is 0 Å². The van der Waals surface area contributed by atoms with E-state index in [2.05, 4.69) is 14.3 Å². The molecule has 0 spiro atoms. The van der Waals surface area contributed by atoms with Gasteiger partial charge in [-0.3, -0.25) is 0 Å². The zero-order valence-electron chi connectivity index (χ0n) is 4.03. The molecule has 0 bridgehead atoms. The Morgan fingerprint density at radius 2 is 1.56 bits per heavy atom. The molecule has 0 aliphatic carbocycles. The van der Waals surface area contributed by atoms with Gasteiger partial charge in [0.2, 0.25) is 0 Å². The zero-order valence-corrected chi connectivity index (χ0v) is 4.03. The Bertz CT molecular complexity index is 64.0. The van der Waals surface area contributed by atoms with Gasteiger partial charge in [0.05, 0.1) is 0 Å². The maximum Gasteiger partial charge on any atom is 0.693 e. The molecule has 5 nitrogen and oxygen atoms in total. The van der Waals surface area contributed by atoms with Crippen LogP contribution in [0.5, 0.6) is 0 Å². The predicted molar refractivity (Wildman–Crippen MR) is 21.4 cm³/mol. The average molecular weight is 142 g/mol. The van der Waals surface area contributed by atoms with Crippen molar-refractivity contribution in [2.75, 3.05) is 0 Å². The molecular weight excluding hydrogens is 140 g/mol. The summed E-state index contributed by atoms with van der Waals surface area (Å²) < 4.78 is 25.1. The Balaban J connectivity index is 3.31. The first kappa shape index (κ1) is 8.79. The highest BCUT2D eigenvalue weighted by molar-refractivity contribution is 6.49. The molecule has 0 saturated heterocycles. The Kier molecular flexibility index (Phi) is 4.54. The third-order valence-electron chi connectivity index (χ3n) is 0.378. The third-order valence-corrected chi connectivity index (χ3v) is 0.378. The second-order valence-corrected chi connectivity index (χ2v) is 0.929. The first-order valence-electron chi connectivity index (χ1n) is 1.77. The molecule has 0 aromatic rings. The van der Waals surface area contributed by atoms with Crippen LogP contribution in [0.25, 0.3) is 0 Å². The quantitative estimate of drug-likeness (QED) is 0.480. The van der Waals surface area contributed by atoms with E-state index in [-0.39, 0.29) is 0 Å². The molecule has 9 heavy (non-hydrogen) atoms. The second kappa shape index (κ2) is 4.65. The lowest BCUT2D eigenvalue weighted by Gasteiger charge is -2.00. The van der Waals surface area contributed by atoms with Crippen LogP contribution in [0.15, 0.2) is 0 Å². The van der Waals surface area contributed by atoms with Crippen molar-refractivity contribution in [3.05, 3.63) is 0 Å². The van der Waals surface area contributed by atoms with Gasteiger partial charge in [0, 0.05) is 0 Å². The fourth-order valence-electron chi connectivity index (χ4n) is 0.155. The largest absolute Gasteiger partial charge is 0.693 e. The minimum atomic E-state index is -2.36. The van der Waals surface area contributed by atoms with Crippen LogP contribution in [0.2, 0.25) is 0 Å². The van der Waals surface area contributed by atoms with E-state index in [4.69, 9.17) is 10.0 Å². The lowest BCUT2D eigenvalue weighted by atomic mass is 10.1. The fourth-order valence-corrected chi connectivity index (χ4v) is 0.155. The molecule has 2 N–H and O–H groups in total. The average Bonchev–Trinajstić information content (AvgIpc) is 1.82. The summed E-state index contributed by atoms with van der Waals surface area (Å²) in [5.74, 6) is 0. The van der Waals surface area contributed by atoms with Crippen LogP contribution >= 0.6 is 0 Å². The van der Waals surface area contributed by atoms with Gasteiger partial charge >= 0.3 is 14.6 Å². The zero-order chi connectivity index (χ0) is 7.28. The van der Waals surface area contributed by atoms with E-state index < -0.39 is 14.6 Å². The standard InChI is InChI=1S/B2F2H2O5/c3-8-2(9-4)7-1(5)6/h5-6H. The summed E-state index contributed by atoms with van der Waals surface area (Å²) >= 11 is 0. The van der Waals surface area contributed by atoms with Gasteiger partial charge in [-0.05, 0) is 0 Å². The van der Waals surface area contributed by atoms with Gasteiger partial charge in [0.15, 0.2) is 0 Å². The molecule has 0 aromatic carbocycles. The molecule has 0 rings (SSSR count). The van der Waals surface area contributed by atoms with Gasteiger partial charge in [-0.15, -0.1) is 0 Å². The molecule has 0 fully saturated rings. The summed E-state index contributed by atoms with van der Waals surface area (Å²) in [6, 6.07) is 0. The van der Waals surface area contributed by atoms with Crippen molar-refractivity contribution in [1.82, 2.24) is 0 Å². The van der Waals surface area contributed by atoms with Crippen molar-refractivity contribution in [1.29, 1.82) is 0 Å². The van der Waals surface area contributed by atoms with Crippen molar-refractivity contribution in [2.24, 2.45) is 0 Å². The van der Waals surface area contributed by atoms with Gasteiger partial charge < -0.3 is 14.6 Å². The molecule has 0 aliphatic rings. The highest BCUT2D eigenvalue weighted by Crippen LogP contribution is 1.92. The molecule has 0 radical (unpaired) electrons. The molecule has 0 aliphatic heterocycles. The van der Waals surface area contributed by atoms with Crippen molar-refractivity contribution in [3.63, 3.8) is 0 Å². The maximum atomic E-state index is 10.8. The molecule has 0 amide bonds. The summed E-state index contributed by atoms with van der Waals surface area (Å²) in [7, 11) is -4.70. The van der Waals surface area contributed by atoms with Crippen LogP contribution in [0, 0.1) is 0 Å². The molecule has 0 heterocycles. The molecule has 0 saturated carbocycles. The van der Waals surface area contributed by atoms with Crippen LogP contribution in [0.3, 0.4) is 0 Å². The van der Waals surface area contributed by atoms with Crippen molar-refractivity contribution in [3.8, 4) is 0 Å². The predicted octanol–water partition coefficient (Wildman–Crippen LogP) is -1.24. The van der Waals surface area contributed by atoms with E-state index in [9.17, 15) is 9.05 Å². The molecule has 0 atom stereocenters. The van der Waals surface area contributed by atoms with Gasteiger partial charge in [0.25, 0.3) is 0 Å². The van der Waals surface area contributed by atoms with Crippen molar-refractivity contribution < 1.29 is 33.4 Å². The normalized spacial score (nSPS) is 9.33. The first-order valence-corrected chi connectivity index (χ1v) is 1.77. The van der Waals surface area contributed by atoms with E-state index in [1.807, 2.05) is 0 Å². The van der Waals surface area contributed by atoms with E-state index >= 15 is 0 Å². The Hall–Kier alpha value is -0.210.